The van der Waals surface area contributed by atoms with Gasteiger partial charge in [0.05, 0.1) is 23.2 Å². The number of carbonyl (C=O) groups is 1. The van der Waals surface area contributed by atoms with E-state index in [1.54, 1.807) is 0 Å². The normalized spacial score (nSPS) is 12.6. The molecule has 0 bridgehead atoms. The van der Waals surface area contributed by atoms with Crippen LogP contribution in [0, 0.1) is 11.3 Å². The van der Waals surface area contributed by atoms with Gasteiger partial charge < -0.3 is 11.1 Å². The molecule has 1 atom stereocenters. The van der Waals surface area contributed by atoms with Crippen LogP contribution in [0.1, 0.15) is 37.3 Å². The Bertz CT molecular complexity index is 549. The standard InChI is InChI=1S/C14H16F3N3O/c1-2-3-4-12(19)13(21)20-10-6-5-9(8-18)11(7-10)14(15,16)17/h5-7,12H,2-4,19H2,1H3,(H,20,21)/t12-/m0/s1. The Labute approximate surface area is 120 Å². The Morgan fingerprint density at radius 3 is 2.67 bits per heavy atom. The van der Waals surface area contributed by atoms with Crippen LogP contribution < -0.4 is 11.1 Å². The van der Waals surface area contributed by atoms with Gasteiger partial charge in [-0.3, -0.25) is 4.79 Å². The second-order valence-electron chi connectivity index (χ2n) is 4.61. The summed E-state index contributed by atoms with van der Waals surface area (Å²) in [6.07, 6.45) is -2.56. The minimum Gasteiger partial charge on any atom is -0.325 e. The number of nitrogens with one attached hydrogen (secondary N) is 1. The minimum absolute atomic E-state index is 0.0294. The summed E-state index contributed by atoms with van der Waals surface area (Å²) in [5, 5.41) is 11.0. The summed E-state index contributed by atoms with van der Waals surface area (Å²) in [7, 11) is 0. The molecule has 0 heterocycles. The number of hydrogen-bond acceptors (Lipinski definition) is 3. The zero-order valence-electron chi connectivity index (χ0n) is 11.5. The largest absolute Gasteiger partial charge is 0.417 e. The van der Waals surface area contributed by atoms with E-state index in [4.69, 9.17) is 11.0 Å². The Balaban J connectivity index is 2.91. The van der Waals surface area contributed by atoms with Crippen molar-refractivity contribution in [2.24, 2.45) is 5.73 Å². The van der Waals surface area contributed by atoms with E-state index >= 15 is 0 Å². The Hall–Kier alpha value is -2.07. The maximum atomic E-state index is 12.8. The van der Waals surface area contributed by atoms with E-state index in [1.807, 2.05) is 6.92 Å². The fourth-order valence-electron chi connectivity index (χ4n) is 1.74. The van der Waals surface area contributed by atoms with Crippen molar-refractivity contribution in [3.8, 4) is 6.07 Å². The molecule has 1 rings (SSSR count). The number of amides is 1. The third-order valence-corrected chi connectivity index (χ3v) is 2.92. The lowest BCUT2D eigenvalue weighted by atomic mass is 10.1. The fourth-order valence-corrected chi connectivity index (χ4v) is 1.74. The maximum absolute atomic E-state index is 12.8. The predicted molar refractivity (Wildman–Crippen MR) is 72.3 cm³/mol. The summed E-state index contributed by atoms with van der Waals surface area (Å²) in [5.74, 6) is -0.540. The summed E-state index contributed by atoms with van der Waals surface area (Å²) in [6, 6.07) is 3.72. The highest BCUT2D eigenvalue weighted by Crippen LogP contribution is 2.33. The lowest BCUT2D eigenvalue weighted by Gasteiger charge is -2.14. The third kappa shape index (κ3) is 4.76. The molecule has 0 fully saturated rings. The van der Waals surface area contributed by atoms with E-state index < -0.39 is 29.3 Å². The SMILES string of the molecule is CCCC[C@H](N)C(=O)Nc1ccc(C#N)c(C(F)(F)F)c1. The van der Waals surface area contributed by atoms with Crippen molar-refractivity contribution < 1.29 is 18.0 Å². The van der Waals surface area contributed by atoms with Crippen LogP contribution in [0.4, 0.5) is 18.9 Å². The lowest BCUT2D eigenvalue weighted by Crippen LogP contribution is -2.35. The number of unbranched alkanes of at least 4 members (excludes halogenated alkanes) is 1. The van der Waals surface area contributed by atoms with Crippen LogP contribution in [-0.4, -0.2) is 11.9 Å². The molecule has 0 spiro atoms. The van der Waals surface area contributed by atoms with Gasteiger partial charge in [-0.05, 0) is 24.6 Å². The second-order valence-corrected chi connectivity index (χ2v) is 4.61. The molecule has 4 nitrogen and oxygen atoms in total. The van der Waals surface area contributed by atoms with Crippen LogP contribution >= 0.6 is 0 Å². The number of anilines is 1. The highest BCUT2D eigenvalue weighted by molar-refractivity contribution is 5.94. The molecule has 0 saturated carbocycles. The number of halogens is 3. The van der Waals surface area contributed by atoms with Crippen LogP contribution in [0.15, 0.2) is 18.2 Å². The average Bonchev–Trinajstić information content (AvgIpc) is 2.43. The molecule has 7 heteroatoms. The van der Waals surface area contributed by atoms with Crippen LogP contribution in [0.2, 0.25) is 0 Å². The zero-order chi connectivity index (χ0) is 16.0. The van der Waals surface area contributed by atoms with Gasteiger partial charge in [0.25, 0.3) is 0 Å². The Morgan fingerprint density at radius 2 is 2.14 bits per heavy atom. The monoisotopic (exact) mass is 299 g/mol. The van der Waals surface area contributed by atoms with Gasteiger partial charge in [0.15, 0.2) is 0 Å². The number of nitrogens with zero attached hydrogens (tertiary/aromatic N) is 1. The van der Waals surface area contributed by atoms with Gasteiger partial charge in [0.1, 0.15) is 0 Å². The number of rotatable bonds is 5. The number of nitrogens with two attached hydrogens (primary N) is 1. The first-order valence-electron chi connectivity index (χ1n) is 6.47. The smallest absolute Gasteiger partial charge is 0.325 e. The summed E-state index contributed by atoms with van der Waals surface area (Å²) >= 11 is 0. The van der Waals surface area contributed by atoms with Crippen molar-refractivity contribution in [3.05, 3.63) is 29.3 Å². The minimum atomic E-state index is -4.66. The van der Waals surface area contributed by atoms with E-state index in [0.717, 1.165) is 25.0 Å². The summed E-state index contributed by atoms with van der Waals surface area (Å²) in [4.78, 5) is 11.8. The molecule has 1 aromatic rings. The third-order valence-electron chi connectivity index (χ3n) is 2.92. The molecule has 0 radical (unpaired) electrons. The molecular formula is C14H16F3N3O. The molecule has 21 heavy (non-hydrogen) atoms. The van der Waals surface area contributed by atoms with E-state index in [-0.39, 0.29) is 5.69 Å². The first-order valence-corrected chi connectivity index (χ1v) is 6.47. The molecule has 0 aliphatic rings. The number of nitriles is 1. The molecule has 3 N–H and O–H groups in total. The molecule has 1 aromatic carbocycles. The molecule has 0 aromatic heterocycles. The van der Waals surface area contributed by atoms with Gasteiger partial charge in [-0.25, -0.2) is 0 Å². The molecule has 0 aliphatic carbocycles. The highest BCUT2D eigenvalue weighted by Gasteiger charge is 2.34. The quantitative estimate of drug-likeness (QED) is 0.877. The van der Waals surface area contributed by atoms with Crippen LogP contribution in [0.5, 0.6) is 0 Å². The van der Waals surface area contributed by atoms with Crippen molar-refractivity contribution in [1.82, 2.24) is 0 Å². The summed E-state index contributed by atoms with van der Waals surface area (Å²) in [6.45, 7) is 1.95. The first kappa shape index (κ1) is 17.0. The van der Waals surface area contributed by atoms with Crippen LogP contribution in [-0.2, 0) is 11.0 Å². The van der Waals surface area contributed by atoms with E-state index in [9.17, 15) is 18.0 Å². The number of benzene rings is 1. The molecule has 0 saturated heterocycles. The van der Waals surface area contributed by atoms with Crippen molar-refractivity contribution in [2.75, 3.05) is 5.32 Å². The van der Waals surface area contributed by atoms with Gasteiger partial charge in [-0.2, -0.15) is 18.4 Å². The summed E-state index contributed by atoms with van der Waals surface area (Å²) in [5.41, 5.74) is 4.05. The fraction of sp³-hybridized carbons (Fsp3) is 0.429. The van der Waals surface area contributed by atoms with Gasteiger partial charge in [-0.15, -0.1) is 0 Å². The summed E-state index contributed by atoms with van der Waals surface area (Å²) < 4.78 is 38.4. The Morgan fingerprint density at radius 1 is 1.48 bits per heavy atom. The Kier molecular flexibility index (Phi) is 5.73. The molecule has 114 valence electrons. The average molecular weight is 299 g/mol. The topological polar surface area (TPSA) is 78.9 Å². The number of alkyl halides is 3. The van der Waals surface area contributed by atoms with E-state index in [0.29, 0.717) is 6.42 Å². The zero-order valence-corrected chi connectivity index (χ0v) is 11.5. The molecule has 0 aliphatic heterocycles. The molecule has 0 unspecified atom stereocenters. The van der Waals surface area contributed by atoms with E-state index in [2.05, 4.69) is 5.32 Å². The maximum Gasteiger partial charge on any atom is 0.417 e. The van der Waals surface area contributed by atoms with Gasteiger partial charge >= 0.3 is 6.18 Å². The molecular weight excluding hydrogens is 283 g/mol. The second kappa shape index (κ2) is 7.09. The highest BCUT2D eigenvalue weighted by atomic mass is 19.4. The van der Waals surface area contributed by atoms with Crippen molar-refractivity contribution in [1.29, 1.82) is 5.26 Å². The van der Waals surface area contributed by atoms with E-state index in [1.165, 1.54) is 12.1 Å². The van der Waals surface area contributed by atoms with Crippen molar-refractivity contribution in [3.63, 3.8) is 0 Å². The van der Waals surface area contributed by atoms with Crippen LogP contribution in [0.25, 0.3) is 0 Å². The number of carbonyl (C=O) groups excluding carboxylic acids is 1. The van der Waals surface area contributed by atoms with Crippen molar-refractivity contribution >= 4 is 11.6 Å². The van der Waals surface area contributed by atoms with Crippen LogP contribution in [0.3, 0.4) is 0 Å². The lowest BCUT2D eigenvalue weighted by molar-refractivity contribution is -0.137. The van der Waals surface area contributed by atoms with Gasteiger partial charge in [-0.1, -0.05) is 19.8 Å². The van der Waals surface area contributed by atoms with Gasteiger partial charge in [0, 0.05) is 5.69 Å². The van der Waals surface area contributed by atoms with Gasteiger partial charge in [0.2, 0.25) is 5.91 Å². The van der Waals surface area contributed by atoms with Crippen molar-refractivity contribution in [2.45, 2.75) is 38.4 Å². The first-order chi connectivity index (χ1) is 9.79. The predicted octanol–water partition coefficient (Wildman–Crippen LogP) is 3.03. The number of hydrogen-bond donors (Lipinski definition) is 2. The molecule has 1 amide bonds.